The molecule has 0 N–H and O–H groups in total. The number of aryl methyl sites for hydroxylation is 2. The van der Waals surface area contributed by atoms with Gasteiger partial charge in [0, 0.05) is 56.9 Å². The molecule has 0 bridgehead atoms. The number of hydrogen-bond acceptors (Lipinski definition) is 6. The fraction of sp³-hybridized carbons (Fsp3) is 0.370. The molecular formula is C27H32N4O3. The Bertz CT molecular complexity index is 1020. The van der Waals surface area contributed by atoms with Crippen LogP contribution in [0.1, 0.15) is 23.2 Å². The zero-order valence-corrected chi connectivity index (χ0v) is 19.7. The second kappa shape index (κ2) is 12.1. The standard InChI is InChI=1S/C27H32N4O3/c1-22-4-7-24(29-21-22)3-2-15-30-16-18-31(19-17-30)27(32)34-26-8-5-23(6-9-26)12-20-33-25-10-13-28-14-11-25/h4-11,13-14,21H,2-3,12,15-20H2,1H3. The van der Waals surface area contributed by atoms with Gasteiger partial charge < -0.3 is 14.4 Å². The maximum atomic E-state index is 12.6. The molecular weight excluding hydrogens is 428 g/mol. The molecule has 0 spiro atoms. The van der Waals surface area contributed by atoms with Gasteiger partial charge in [-0.15, -0.1) is 0 Å². The molecule has 3 heterocycles. The van der Waals surface area contributed by atoms with E-state index in [0.29, 0.717) is 25.4 Å². The van der Waals surface area contributed by atoms with E-state index in [1.54, 1.807) is 17.3 Å². The summed E-state index contributed by atoms with van der Waals surface area (Å²) in [5, 5.41) is 0. The van der Waals surface area contributed by atoms with Crippen molar-refractivity contribution in [3.63, 3.8) is 0 Å². The average molecular weight is 461 g/mol. The number of ether oxygens (including phenoxy) is 2. The fourth-order valence-electron chi connectivity index (χ4n) is 3.89. The van der Waals surface area contributed by atoms with E-state index in [2.05, 4.69) is 33.9 Å². The second-order valence-electron chi connectivity index (χ2n) is 8.55. The number of rotatable bonds is 9. The van der Waals surface area contributed by atoms with Crippen LogP contribution in [0.3, 0.4) is 0 Å². The van der Waals surface area contributed by atoms with Gasteiger partial charge in [0.25, 0.3) is 0 Å². The average Bonchev–Trinajstić information content (AvgIpc) is 2.87. The molecule has 0 atom stereocenters. The molecule has 7 nitrogen and oxygen atoms in total. The third-order valence-corrected chi connectivity index (χ3v) is 5.95. The summed E-state index contributed by atoms with van der Waals surface area (Å²) in [5.41, 5.74) is 3.46. The smallest absolute Gasteiger partial charge is 0.415 e. The van der Waals surface area contributed by atoms with E-state index < -0.39 is 0 Å². The number of piperazine rings is 1. The molecule has 1 amide bonds. The first-order chi connectivity index (χ1) is 16.7. The molecule has 7 heteroatoms. The van der Waals surface area contributed by atoms with Crippen molar-refractivity contribution < 1.29 is 14.3 Å². The minimum Gasteiger partial charge on any atom is -0.493 e. The van der Waals surface area contributed by atoms with Crippen molar-refractivity contribution in [1.29, 1.82) is 0 Å². The van der Waals surface area contributed by atoms with Crippen molar-refractivity contribution in [2.24, 2.45) is 0 Å². The normalized spacial score (nSPS) is 14.1. The third-order valence-electron chi connectivity index (χ3n) is 5.95. The van der Waals surface area contributed by atoms with Crippen molar-refractivity contribution in [3.8, 4) is 11.5 Å². The van der Waals surface area contributed by atoms with Gasteiger partial charge in [-0.3, -0.25) is 14.9 Å². The fourth-order valence-corrected chi connectivity index (χ4v) is 3.89. The summed E-state index contributed by atoms with van der Waals surface area (Å²) in [4.78, 5) is 25.2. The second-order valence-corrected chi connectivity index (χ2v) is 8.55. The summed E-state index contributed by atoms with van der Waals surface area (Å²) in [7, 11) is 0. The van der Waals surface area contributed by atoms with Gasteiger partial charge >= 0.3 is 6.09 Å². The van der Waals surface area contributed by atoms with Gasteiger partial charge in [0.1, 0.15) is 11.5 Å². The first kappa shape index (κ1) is 23.7. The Balaban J connectivity index is 1.13. The number of nitrogens with zero attached hydrogens (tertiary/aromatic N) is 4. The molecule has 1 aliphatic rings. The Morgan fingerprint density at radius 2 is 1.68 bits per heavy atom. The van der Waals surface area contributed by atoms with Crippen LogP contribution in [-0.4, -0.2) is 65.2 Å². The Morgan fingerprint density at radius 3 is 2.38 bits per heavy atom. The highest BCUT2D eigenvalue weighted by molar-refractivity contribution is 5.70. The lowest BCUT2D eigenvalue weighted by Gasteiger charge is -2.34. The number of hydrogen-bond donors (Lipinski definition) is 0. The Morgan fingerprint density at radius 1 is 0.912 bits per heavy atom. The van der Waals surface area contributed by atoms with Crippen LogP contribution >= 0.6 is 0 Å². The summed E-state index contributed by atoms with van der Waals surface area (Å²) in [6.07, 6.45) is 7.89. The number of carbonyl (C=O) groups is 1. The van der Waals surface area contributed by atoms with Crippen LogP contribution in [-0.2, 0) is 12.8 Å². The predicted octanol–water partition coefficient (Wildman–Crippen LogP) is 4.16. The van der Waals surface area contributed by atoms with Crippen LogP contribution in [0.4, 0.5) is 4.79 Å². The van der Waals surface area contributed by atoms with E-state index >= 15 is 0 Å². The largest absolute Gasteiger partial charge is 0.493 e. The van der Waals surface area contributed by atoms with Crippen molar-refractivity contribution in [1.82, 2.24) is 19.8 Å². The third kappa shape index (κ3) is 7.28. The minimum atomic E-state index is -0.280. The molecule has 1 aliphatic heterocycles. The Hall–Kier alpha value is -3.45. The van der Waals surface area contributed by atoms with Gasteiger partial charge in [0.2, 0.25) is 0 Å². The molecule has 3 aromatic rings. The predicted molar refractivity (Wildman–Crippen MR) is 131 cm³/mol. The molecule has 0 aliphatic carbocycles. The van der Waals surface area contributed by atoms with E-state index in [-0.39, 0.29) is 6.09 Å². The molecule has 2 aromatic heterocycles. The van der Waals surface area contributed by atoms with E-state index in [0.717, 1.165) is 55.9 Å². The monoisotopic (exact) mass is 460 g/mol. The highest BCUT2D eigenvalue weighted by Crippen LogP contribution is 2.16. The van der Waals surface area contributed by atoms with E-state index in [9.17, 15) is 4.79 Å². The molecule has 4 rings (SSSR count). The van der Waals surface area contributed by atoms with Crippen molar-refractivity contribution in [2.45, 2.75) is 26.2 Å². The van der Waals surface area contributed by atoms with Crippen LogP contribution in [0.15, 0.2) is 67.1 Å². The van der Waals surface area contributed by atoms with Crippen LogP contribution in [0.2, 0.25) is 0 Å². The summed E-state index contributed by atoms with van der Waals surface area (Å²) < 4.78 is 11.3. The van der Waals surface area contributed by atoms with E-state index in [1.807, 2.05) is 42.6 Å². The van der Waals surface area contributed by atoms with Crippen molar-refractivity contribution in [3.05, 3.63) is 83.9 Å². The molecule has 1 aromatic carbocycles. The first-order valence-corrected chi connectivity index (χ1v) is 11.9. The van der Waals surface area contributed by atoms with Gasteiger partial charge in [-0.2, -0.15) is 0 Å². The SMILES string of the molecule is Cc1ccc(CCCN2CCN(C(=O)Oc3ccc(CCOc4ccncc4)cc3)CC2)nc1. The molecule has 0 unspecified atom stereocenters. The maximum absolute atomic E-state index is 12.6. The topological polar surface area (TPSA) is 67.8 Å². The number of carbonyl (C=O) groups excluding carboxylic acids is 1. The van der Waals surface area contributed by atoms with Crippen LogP contribution in [0, 0.1) is 6.92 Å². The Labute approximate surface area is 201 Å². The highest BCUT2D eigenvalue weighted by atomic mass is 16.6. The van der Waals surface area contributed by atoms with Gasteiger partial charge in [-0.25, -0.2) is 4.79 Å². The van der Waals surface area contributed by atoms with E-state index in [4.69, 9.17) is 9.47 Å². The summed E-state index contributed by atoms with van der Waals surface area (Å²) in [6, 6.07) is 15.5. The van der Waals surface area contributed by atoms with Crippen LogP contribution < -0.4 is 9.47 Å². The van der Waals surface area contributed by atoms with Gasteiger partial charge in [0.05, 0.1) is 6.61 Å². The maximum Gasteiger partial charge on any atom is 0.415 e. The lowest BCUT2D eigenvalue weighted by atomic mass is 10.1. The van der Waals surface area contributed by atoms with Crippen molar-refractivity contribution in [2.75, 3.05) is 39.3 Å². The van der Waals surface area contributed by atoms with Gasteiger partial charge in [-0.05, 0) is 67.8 Å². The molecule has 178 valence electrons. The first-order valence-electron chi connectivity index (χ1n) is 11.9. The number of pyridine rings is 2. The molecule has 0 radical (unpaired) electrons. The van der Waals surface area contributed by atoms with E-state index in [1.165, 1.54) is 5.56 Å². The summed E-state index contributed by atoms with van der Waals surface area (Å²) in [6.45, 7) is 6.76. The van der Waals surface area contributed by atoms with Gasteiger partial charge in [-0.1, -0.05) is 18.2 Å². The van der Waals surface area contributed by atoms with Crippen molar-refractivity contribution >= 4 is 6.09 Å². The van der Waals surface area contributed by atoms with Crippen LogP contribution in [0.25, 0.3) is 0 Å². The van der Waals surface area contributed by atoms with Gasteiger partial charge in [0.15, 0.2) is 0 Å². The molecule has 0 saturated carbocycles. The quantitative estimate of drug-likeness (QED) is 0.478. The summed E-state index contributed by atoms with van der Waals surface area (Å²) >= 11 is 0. The molecule has 34 heavy (non-hydrogen) atoms. The zero-order chi connectivity index (χ0) is 23.6. The molecule has 1 saturated heterocycles. The van der Waals surface area contributed by atoms with Crippen LogP contribution in [0.5, 0.6) is 11.5 Å². The number of aromatic nitrogens is 2. The Kier molecular flexibility index (Phi) is 8.46. The zero-order valence-electron chi connectivity index (χ0n) is 19.7. The summed E-state index contributed by atoms with van der Waals surface area (Å²) in [5.74, 6) is 1.38. The highest BCUT2D eigenvalue weighted by Gasteiger charge is 2.22. The minimum absolute atomic E-state index is 0.280. The lowest BCUT2D eigenvalue weighted by molar-refractivity contribution is 0.110. The number of amides is 1. The lowest BCUT2D eigenvalue weighted by Crippen LogP contribution is -2.49. The molecule has 1 fully saturated rings. The number of benzene rings is 1.